The van der Waals surface area contributed by atoms with Crippen molar-refractivity contribution >= 4 is 11.6 Å². The van der Waals surface area contributed by atoms with Crippen LogP contribution in [0.4, 0.5) is 0 Å². The maximum atomic E-state index is 9.82. The van der Waals surface area contributed by atoms with Crippen LogP contribution in [0.2, 0.25) is 5.02 Å². The van der Waals surface area contributed by atoms with Crippen molar-refractivity contribution in [3.05, 3.63) is 16.9 Å². The molecule has 2 atom stereocenters. The minimum Gasteiger partial charge on any atom is -0.391 e. The number of hydrogen-bond acceptors (Lipinski definition) is 2. The van der Waals surface area contributed by atoms with Gasteiger partial charge < -0.3 is 5.11 Å². The molecule has 1 aliphatic carbocycles. The van der Waals surface area contributed by atoms with Crippen LogP contribution in [-0.4, -0.2) is 21.0 Å². The Morgan fingerprint density at radius 3 is 2.79 bits per heavy atom. The summed E-state index contributed by atoms with van der Waals surface area (Å²) in [5, 5.41) is 14.8. The van der Waals surface area contributed by atoms with Crippen LogP contribution in [0.25, 0.3) is 0 Å². The van der Waals surface area contributed by atoms with Gasteiger partial charge in [0, 0.05) is 6.20 Å². The molecule has 1 aromatic rings. The van der Waals surface area contributed by atoms with Gasteiger partial charge in [0.05, 0.1) is 22.9 Å². The molecule has 1 aromatic heterocycles. The van der Waals surface area contributed by atoms with Crippen LogP contribution in [-0.2, 0) is 0 Å². The van der Waals surface area contributed by atoms with E-state index in [1.54, 1.807) is 0 Å². The number of aliphatic hydroxyl groups excluding tert-OH is 1. The van der Waals surface area contributed by atoms with Crippen molar-refractivity contribution in [2.24, 2.45) is 0 Å². The van der Waals surface area contributed by atoms with Crippen LogP contribution in [0, 0.1) is 6.92 Å². The Bertz CT molecular complexity index is 304. The molecule has 3 nitrogen and oxygen atoms in total. The fraction of sp³-hybridized carbons (Fsp3) is 0.700. The van der Waals surface area contributed by atoms with Crippen LogP contribution >= 0.6 is 11.6 Å². The quantitative estimate of drug-likeness (QED) is 0.779. The van der Waals surface area contributed by atoms with E-state index in [2.05, 4.69) is 5.10 Å². The molecule has 0 amide bonds. The Balaban J connectivity index is 2.20. The van der Waals surface area contributed by atoms with E-state index in [4.69, 9.17) is 11.6 Å². The van der Waals surface area contributed by atoms with E-state index in [0.717, 1.165) is 31.4 Å². The van der Waals surface area contributed by atoms with Gasteiger partial charge in [0.15, 0.2) is 0 Å². The Morgan fingerprint density at radius 1 is 1.50 bits per heavy atom. The molecule has 2 rings (SSSR count). The lowest BCUT2D eigenvalue weighted by Crippen LogP contribution is -2.27. The molecule has 78 valence electrons. The molecule has 0 radical (unpaired) electrons. The summed E-state index contributed by atoms with van der Waals surface area (Å²) in [7, 11) is 0. The van der Waals surface area contributed by atoms with Crippen molar-refractivity contribution in [1.82, 2.24) is 9.78 Å². The predicted molar refractivity (Wildman–Crippen MR) is 55.5 cm³/mol. The maximum absolute atomic E-state index is 9.82. The van der Waals surface area contributed by atoms with Crippen LogP contribution in [0.1, 0.15) is 37.4 Å². The molecule has 0 aromatic carbocycles. The molecule has 0 saturated heterocycles. The van der Waals surface area contributed by atoms with Crippen molar-refractivity contribution in [3.8, 4) is 0 Å². The zero-order valence-electron chi connectivity index (χ0n) is 8.28. The molecular formula is C10H15ClN2O. The molecule has 1 N–H and O–H groups in total. The van der Waals surface area contributed by atoms with Gasteiger partial charge in [0.1, 0.15) is 0 Å². The van der Waals surface area contributed by atoms with E-state index in [1.807, 2.05) is 17.8 Å². The Labute approximate surface area is 88.7 Å². The van der Waals surface area contributed by atoms with Gasteiger partial charge in [-0.15, -0.1) is 0 Å². The normalized spacial score (nSPS) is 27.9. The number of halogens is 1. The van der Waals surface area contributed by atoms with Crippen molar-refractivity contribution < 1.29 is 5.11 Å². The number of nitrogens with zero attached hydrogens (tertiary/aromatic N) is 2. The van der Waals surface area contributed by atoms with Gasteiger partial charge in [-0.05, 0) is 19.8 Å². The average molecular weight is 215 g/mol. The third kappa shape index (κ3) is 1.79. The Kier molecular flexibility index (Phi) is 2.79. The second-order valence-electron chi connectivity index (χ2n) is 3.96. The van der Waals surface area contributed by atoms with Crippen LogP contribution in [0.15, 0.2) is 6.20 Å². The van der Waals surface area contributed by atoms with Gasteiger partial charge in [-0.2, -0.15) is 5.10 Å². The summed E-state index contributed by atoms with van der Waals surface area (Å²) in [4.78, 5) is 0. The van der Waals surface area contributed by atoms with E-state index >= 15 is 0 Å². The fourth-order valence-corrected chi connectivity index (χ4v) is 2.17. The summed E-state index contributed by atoms with van der Waals surface area (Å²) >= 11 is 5.93. The summed E-state index contributed by atoms with van der Waals surface area (Å²) in [6.45, 7) is 1.88. The van der Waals surface area contributed by atoms with Gasteiger partial charge in [-0.3, -0.25) is 4.68 Å². The summed E-state index contributed by atoms with van der Waals surface area (Å²) in [5.41, 5.74) is 0.837. The first-order valence-electron chi connectivity index (χ1n) is 5.08. The molecule has 0 spiro atoms. The summed E-state index contributed by atoms with van der Waals surface area (Å²) in [6, 6.07) is 0.120. The topological polar surface area (TPSA) is 38.0 Å². The van der Waals surface area contributed by atoms with Gasteiger partial charge in [0.25, 0.3) is 0 Å². The fourth-order valence-electron chi connectivity index (χ4n) is 2.03. The average Bonchev–Trinajstić information content (AvgIpc) is 2.48. The lowest BCUT2D eigenvalue weighted by molar-refractivity contribution is 0.0693. The first kappa shape index (κ1) is 9.99. The third-order valence-electron chi connectivity index (χ3n) is 2.89. The van der Waals surface area contributed by atoms with Crippen LogP contribution in [0.3, 0.4) is 0 Å². The zero-order chi connectivity index (χ0) is 10.1. The van der Waals surface area contributed by atoms with E-state index in [0.29, 0.717) is 5.02 Å². The number of rotatable bonds is 1. The SMILES string of the molecule is Cc1nn([C@H]2CCCC[C@@H]2O)cc1Cl. The minimum absolute atomic E-state index is 0.120. The van der Waals surface area contributed by atoms with Gasteiger partial charge in [0.2, 0.25) is 0 Å². The molecule has 1 fully saturated rings. The first-order valence-corrected chi connectivity index (χ1v) is 5.45. The smallest absolute Gasteiger partial charge is 0.0815 e. The van der Waals surface area contributed by atoms with E-state index in [1.165, 1.54) is 0 Å². The van der Waals surface area contributed by atoms with Gasteiger partial charge in [-0.25, -0.2) is 0 Å². The van der Waals surface area contributed by atoms with Gasteiger partial charge >= 0.3 is 0 Å². The van der Waals surface area contributed by atoms with E-state index in [9.17, 15) is 5.11 Å². The summed E-state index contributed by atoms with van der Waals surface area (Å²) < 4.78 is 1.82. The van der Waals surface area contributed by atoms with Crippen LogP contribution in [0.5, 0.6) is 0 Å². The number of aromatic nitrogens is 2. The highest BCUT2D eigenvalue weighted by Gasteiger charge is 2.25. The van der Waals surface area contributed by atoms with Gasteiger partial charge in [-0.1, -0.05) is 24.4 Å². The zero-order valence-corrected chi connectivity index (χ0v) is 9.04. The van der Waals surface area contributed by atoms with E-state index in [-0.39, 0.29) is 12.1 Å². The highest BCUT2D eigenvalue weighted by Crippen LogP contribution is 2.29. The standard InChI is InChI=1S/C10H15ClN2O/c1-7-8(11)6-13(12-7)9-4-2-3-5-10(9)14/h6,9-10,14H,2-5H2,1H3/t9-,10-/m0/s1. The lowest BCUT2D eigenvalue weighted by Gasteiger charge is -2.27. The summed E-state index contributed by atoms with van der Waals surface area (Å²) in [6.07, 6.45) is 5.71. The van der Waals surface area contributed by atoms with Crippen molar-refractivity contribution in [2.75, 3.05) is 0 Å². The summed E-state index contributed by atoms with van der Waals surface area (Å²) in [5.74, 6) is 0. The molecule has 1 aliphatic rings. The molecule has 1 heterocycles. The first-order chi connectivity index (χ1) is 6.68. The molecule has 1 saturated carbocycles. The van der Waals surface area contributed by atoms with E-state index < -0.39 is 0 Å². The molecule has 14 heavy (non-hydrogen) atoms. The molecule has 4 heteroatoms. The second kappa shape index (κ2) is 3.91. The van der Waals surface area contributed by atoms with Crippen molar-refractivity contribution in [2.45, 2.75) is 44.8 Å². The van der Waals surface area contributed by atoms with Crippen molar-refractivity contribution in [1.29, 1.82) is 0 Å². The third-order valence-corrected chi connectivity index (χ3v) is 3.26. The highest BCUT2D eigenvalue weighted by molar-refractivity contribution is 6.31. The molecular weight excluding hydrogens is 200 g/mol. The number of aliphatic hydroxyl groups is 1. The molecule has 0 bridgehead atoms. The highest BCUT2D eigenvalue weighted by atomic mass is 35.5. The van der Waals surface area contributed by atoms with Crippen LogP contribution < -0.4 is 0 Å². The minimum atomic E-state index is -0.265. The monoisotopic (exact) mass is 214 g/mol. The number of aryl methyl sites for hydroxylation is 1. The number of hydrogen-bond donors (Lipinski definition) is 1. The maximum Gasteiger partial charge on any atom is 0.0815 e. The second-order valence-corrected chi connectivity index (χ2v) is 4.37. The van der Waals surface area contributed by atoms with Crippen molar-refractivity contribution in [3.63, 3.8) is 0 Å². The lowest BCUT2D eigenvalue weighted by atomic mass is 9.93. The molecule has 0 aliphatic heterocycles. The molecule has 0 unspecified atom stereocenters. The Hall–Kier alpha value is -0.540. The largest absolute Gasteiger partial charge is 0.391 e. The predicted octanol–water partition coefficient (Wildman–Crippen LogP) is 2.32. The Morgan fingerprint density at radius 2 is 2.21 bits per heavy atom.